The van der Waals surface area contributed by atoms with Crippen molar-refractivity contribution in [2.24, 2.45) is 0 Å². The molecule has 0 aliphatic heterocycles. The molecule has 2 aromatic rings. The number of imidazole rings is 1. The molecule has 17 heavy (non-hydrogen) atoms. The Bertz CT molecular complexity index is 515. The molecule has 2 aromatic heterocycles. The lowest BCUT2D eigenvalue weighted by Gasteiger charge is -2.35. The highest BCUT2D eigenvalue weighted by molar-refractivity contribution is 9.08. The Balaban J connectivity index is 2.51. The fraction of sp³-hybridized carbons (Fsp3) is 0.583. The van der Waals surface area contributed by atoms with E-state index in [1.807, 2.05) is 0 Å². The van der Waals surface area contributed by atoms with E-state index in [0.29, 0.717) is 0 Å². The molecular weight excluding hydrogens is 298 g/mol. The molecule has 0 fully saturated rings. The Labute approximate surface area is 115 Å². The minimum Gasteiger partial charge on any atom is -0.353 e. The minimum absolute atomic E-state index is 0.126. The van der Waals surface area contributed by atoms with Crippen LogP contribution in [0.5, 0.6) is 0 Å². The standard InChI is InChI=1S/C12H18BrN3S/c1-5-12(2,3)15(4)10-9(8-13)16-6-7-17-11(16)14-10/h6-7H,5,8H2,1-4H3. The molecule has 2 rings (SSSR count). The molecule has 0 aliphatic rings. The van der Waals surface area contributed by atoms with E-state index in [2.05, 4.69) is 64.6 Å². The lowest BCUT2D eigenvalue weighted by atomic mass is 10.00. The van der Waals surface area contributed by atoms with Crippen molar-refractivity contribution >= 4 is 38.0 Å². The molecule has 0 aliphatic carbocycles. The third-order valence-corrected chi connectivity index (χ3v) is 4.85. The van der Waals surface area contributed by atoms with Crippen LogP contribution in [0.4, 0.5) is 5.82 Å². The van der Waals surface area contributed by atoms with E-state index in [0.717, 1.165) is 22.5 Å². The number of nitrogens with zero attached hydrogens (tertiary/aromatic N) is 3. The van der Waals surface area contributed by atoms with E-state index in [1.54, 1.807) is 11.3 Å². The van der Waals surface area contributed by atoms with Gasteiger partial charge in [-0.1, -0.05) is 22.9 Å². The highest BCUT2D eigenvalue weighted by atomic mass is 79.9. The predicted molar refractivity (Wildman–Crippen MR) is 78.5 cm³/mol. The largest absolute Gasteiger partial charge is 0.353 e. The Morgan fingerprint density at radius 3 is 2.82 bits per heavy atom. The molecule has 5 heteroatoms. The molecule has 0 atom stereocenters. The Hall–Kier alpha value is -0.550. The number of anilines is 1. The maximum absolute atomic E-state index is 4.74. The van der Waals surface area contributed by atoms with Gasteiger partial charge in [0.15, 0.2) is 10.8 Å². The second-order valence-electron chi connectivity index (χ2n) is 4.80. The van der Waals surface area contributed by atoms with Gasteiger partial charge in [0.25, 0.3) is 0 Å². The van der Waals surface area contributed by atoms with E-state index in [4.69, 9.17) is 4.98 Å². The fourth-order valence-electron chi connectivity index (χ4n) is 1.74. The summed E-state index contributed by atoms with van der Waals surface area (Å²) in [4.78, 5) is 8.08. The number of thiazole rings is 1. The van der Waals surface area contributed by atoms with E-state index in [9.17, 15) is 0 Å². The molecule has 0 saturated carbocycles. The summed E-state index contributed by atoms with van der Waals surface area (Å²) < 4.78 is 2.16. The first kappa shape index (κ1) is 12.9. The van der Waals surface area contributed by atoms with Crippen molar-refractivity contribution in [3.05, 3.63) is 17.3 Å². The third kappa shape index (κ3) is 2.10. The number of rotatable bonds is 4. The Kier molecular flexibility index (Phi) is 3.50. The lowest BCUT2D eigenvalue weighted by molar-refractivity contribution is 0.467. The van der Waals surface area contributed by atoms with Crippen LogP contribution in [-0.4, -0.2) is 22.0 Å². The van der Waals surface area contributed by atoms with Gasteiger partial charge in [0, 0.05) is 29.5 Å². The van der Waals surface area contributed by atoms with Crippen LogP contribution < -0.4 is 4.90 Å². The van der Waals surface area contributed by atoms with Crippen LogP contribution in [0.1, 0.15) is 32.9 Å². The van der Waals surface area contributed by atoms with Gasteiger partial charge in [-0.15, -0.1) is 11.3 Å². The van der Waals surface area contributed by atoms with E-state index in [-0.39, 0.29) is 5.54 Å². The van der Waals surface area contributed by atoms with Crippen molar-refractivity contribution in [1.29, 1.82) is 0 Å². The van der Waals surface area contributed by atoms with Crippen LogP contribution in [0, 0.1) is 0 Å². The molecule has 94 valence electrons. The zero-order chi connectivity index (χ0) is 12.6. The third-order valence-electron chi connectivity index (χ3n) is 3.56. The van der Waals surface area contributed by atoms with Gasteiger partial charge in [0.2, 0.25) is 0 Å². The number of aromatic nitrogens is 2. The maximum atomic E-state index is 4.74. The van der Waals surface area contributed by atoms with Gasteiger partial charge in [-0.2, -0.15) is 0 Å². The van der Waals surface area contributed by atoms with Crippen LogP contribution in [0.15, 0.2) is 11.6 Å². The van der Waals surface area contributed by atoms with Crippen LogP contribution in [0.25, 0.3) is 4.96 Å². The number of fused-ring (bicyclic) bond motifs is 1. The monoisotopic (exact) mass is 315 g/mol. The zero-order valence-electron chi connectivity index (χ0n) is 10.7. The molecule has 0 amide bonds. The number of halogens is 1. The summed E-state index contributed by atoms with van der Waals surface area (Å²) in [5.74, 6) is 1.08. The molecule has 3 nitrogen and oxygen atoms in total. The minimum atomic E-state index is 0.126. The fourth-order valence-corrected chi connectivity index (χ4v) is 2.99. The van der Waals surface area contributed by atoms with Crippen LogP contribution in [-0.2, 0) is 5.33 Å². The van der Waals surface area contributed by atoms with E-state index >= 15 is 0 Å². The summed E-state index contributed by atoms with van der Waals surface area (Å²) in [5.41, 5.74) is 1.35. The first-order valence-corrected chi connectivity index (χ1v) is 7.75. The number of hydrogen-bond donors (Lipinski definition) is 0. The average Bonchev–Trinajstić information content (AvgIpc) is 2.87. The molecule has 0 N–H and O–H groups in total. The molecule has 0 saturated heterocycles. The number of hydrogen-bond acceptors (Lipinski definition) is 3. The second kappa shape index (κ2) is 4.61. The lowest BCUT2D eigenvalue weighted by Crippen LogP contribution is -2.41. The number of alkyl halides is 1. The van der Waals surface area contributed by atoms with Gasteiger partial charge in [-0.25, -0.2) is 4.98 Å². The van der Waals surface area contributed by atoms with Crippen molar-refractivity contribution < 1.29 is 0 Å². The molecule has 0 radical (unpaired) electrons. The van der Waals surface area contributed by atoms with Gasteiger partial charge in [0.05, 0.1) is 5.69 Å². The topological polar surface area (TPSA) is 20.5 Å². The molecule has 0 aromatic carbocycles. The summed E-state index contributed by atoms with van der Waals surface area (Å²) >= 11 is 5.25. The van der Waals surface area contributed by atoms with Crippen molar-refractivity contribution in [1.82, 2.24) is 9.38 Å². The summed E-state index contributed by atoms with van der Waals surface area (Å²) in [5, 5.41) is 2.90. The summed E-state index contributed by atoms with van der Waals surface area (Å²) in [6.07, 6.45) is 3.18. The molecule has 0 bridgehead atoms. The molecule has 2 heterocycles. The average molecular weight is 316 g/mol. The highest BCUT2D eigenvalue weighted by Crippen LogP contribution is 2.30. The van der Waals surface area contributed by atoms with Crippen LogP contribution in [0.3, 0.4) is 0 Å². The van der Waals surface area contributed by atoms with Gasteiger partial charge < -0.3 is 4.90 Å². The van der Waals surface area contributed by atoms with Gasteiger partial charge >= 0.3 is 0 Å². The first-order chi connectivity index (χ1) is 8.01. The smallest absolute Gasteiger partial charge is 0.195 e. The molecule has 0 unspecified atom stereocenters. The normalized spacial score (nSPS) is 12.3. The molecular formula is C12H18BrN3S. The van der Waals surface area contributed by atoms with Crippen LogP contribution in [0.2, 0.25) is 0 Å². The highest BCUT2D eigenvalue weighted by Gasteiger charge is 2.26. The van der Waals surface area contributed by atoms with Crippen molar-refractivity contribution in [3.8, 4) is 0 Å². The quantitative estimate of drug-likeness (QED) is 0.797. The SMILES string of the molecule is CCC(C)(C)N(C)c1nc2sccn2c1CBr. The second-order valence-corrected chi connectivity index (χ2v) is 6.23. The maximum Gasteiger partial charge on any atom is 0.195 e. The van der Waals surface area contributed by atoms with E-state index < -0.39 is 0 Å². The van der Waals surface area contributed by atoms with Crippen molar-refractivity contribution in [2.75, 3.05) is 11.9 Å². The first-order valence-electron chi connectivity index (χ1n) is 5.75. The van der Waals surface area contributed by atoms with Gasteiger partial charge in [0.1, 0.15) is 0 Å². The Morgan fingerprint density at radius 2 is 2.24 bits per heavy atom. The summed E-state index contributed by atoms with van der Waals surface area (Å²) in [7, 11) is 2.13. The zero-order valence-corrected chi connectivity index (χ0v) is 13.1. The summed E-state index contributed by atoms with van der Waals surface area (Å²) in [6.45, 7) is 6.71. The van der Waals surface area contributed by atoms with E-state index in [1.165, 1.54) is 5.69 Å². The Morgan fingerprint density at radius 1 is 1.53 bits per heavy atom. The van der Waals surface area contributed by atoms with Gasteiger partial charge in [-0.05, 0) is 20.3 Å². The van der Waals surface area contributed by atoms with Crippen molar-refractivity contribution in [2.45, 2.75) is 38.1 Å². The van der Waals surface area contributed by atoms with Crippen LogP contribution >= 0.6 is 27.3 Å². The van der Waals surface area contributed by atoms with Crippen molar-refractivity contribution in [3.63, 3.8) is 0 Å². The summed E-state index contributed by atoms with van der Waals surface area (Å²) in [6, 6.07) is 0. The predicted octanol–water partition coefficient (Wildman–Crippen LogP) is 3.92. The molecule has 0 spiro atoms. The van der Waals surface area contributed by atoms with Gasteiger partial charge in [-0.3, -0.25) is 4.40 Å².